The highest BCUT2D eigenvalue weighted by Crippen LogP contribution is 2.54. The van der Waals surface area contributed by atoms with E-state index < -0.39 is 0 Å². The monoisotopic (exact) mass is 446 g/mol. The molecule has 8 heteroatoms. The van der Waals surface area contributed by atoms with Crippen molar-refractivity contribution in [3.05, 3.63) is 74.5 Å². The number of hydrazine groups is 1. The van der Waals surface area contributed by atoms with Crippen LogP contribution in [0.4, 0.5) is 5.69 Å². The molecule has 0 spiro atoms. The Labute approximate surface area is 182 Å². The van der Waals surface area contributed by atoms with Crippen molar-refractivity contribution in [3.8, 4) is 5.69 Å². The van der Waals surface area contributed by atoms with Gasteiger partial charge in [-0.2, -0.15) is 5.10 Å². The lowest BCUT2D eigenvalue weighted by Gasteiger charge is -2.15. The fourth-order valence-electron chi connectivity index (χ4n) is 4.48. The molecule has 2 N–H and O–H groups in total. The fourth-order valence-corrected chi connectivity index (χ4v) is 5.15. The van der Waals surface area contributed by atoms with E-state index in [4.69, 9.17) is 34.8 Å². The van der Waals surface area contributed by atoms with Gasteiger partial charge >= 0.3 is 0 Å². The Balaban J connectivity index is 1.52. The van der Waals surface area contributed by atoms with Gasteiger partial charge in [-0.25, -0.2) is 4.68 Å². The molecule has 0 radical (unpaired) electrons. The van der Waals surface area contributed by atoms with Crippen LogP contribution in [0.5, 0.6) is 0 Å². The van der Waals surface area contributed by atoms with Crippen LogP contribution in [0.1, 0.15) is 52.8 Å². The number of nitrogens with zero attached hydrogens (tertiary/aromatic N) is 2. The zero-order valence-corrected chi connectivity index (χ0v) is 17.5. The SMILES string of the molecule is O=C(NNc1ccccc1Cl)c1nn(-c2ccc(Cl)cc2Cl)c2c1[C@H]1CC[C@H]2C1. The molecule has 1 amide bonds. The number of hydrogen-bond donors (Lipinski definition) is 2. The second kappa shape index (κ2) is 7.24. The maximum atomic E-state index is 13.0. The highest BCUT2D eigenvalue weighted by atomic mass is 35.5. The molecular weight excluding hydrogens is 431 g/mol. The smallest absolute Gasteiger partial charge is 0.290 e. The Bertz CT molecular complexity index is 1130. The molecule has 2 aliphatic carbocycles. The summed E-state index contributed by atoms with van der Waals surface area (Å²) in [5, 5.41) is 6.26. The number of rotatable bonds is 4. The third-order valence-corrected chi connectivity index (χ3v) is 6.59. The van der Waals surface area contributed by atoms with Crippen molar-refractivity contribution in [1.29, 1.82) is 0 Å². The Morgan fingerprint density at radius 2 is 1.83 bits per heavy atom. The number of halogens is 3. The molecule has 0 unspecified atom stereocenters. The number of anilines is 1. The van der Waals surface area contributed by atoms with Crippen molar-refractivity contribution < 1.29 is 4.79 Å². The molecule has 5 nitrogen and oxygen atoms in total. The van der Waals surface area contributed by atoms with E-state index >= 15 is 0 Å². The Hall–Kier alpha value is -2.21. The molecule has 2 bridgehead atoms. The number of nitrogens with one attached hydrogen (secondary N) is 2. The number of benzene rings is 2. The van der Waals surface area contributed by atoms with E-state index in [2.05, 4.69) is 16.0 Å². The third-order valence-electron chi connectivity index (χ3n) is 5.72. The van der Waals surface area contributed by atoms with E-state index in [9.17, 15) is 4.79 Å². The van der Waals surface area contributed by atoms with Crippen LogP contribution in [-0.2, 0) is 0 Å². The minimum Gasteiger partial charge on any atom is -0.297 e. The lowest BCUT2D eigenvalue weighted by Crippen LogP contribution is -2.30. The van der Waals surface area contributed by atoms with Crippen LogP contribution < -0.4 is 10.9 Å². The summed E-state index contributed by atoms with van der Waals surface area (Å²) in [6, 6.07) is 12.5. The second-order valence-electron chi connectivity index (χ2n) is 7.42. The molecule has 2 atom stereocenters. The first-order valence-corrected chi connectivity index (χ1v) is 10.6. The van der Waals surface area contributed by atoms with Crippen molar-refractivity contribution in [2.24, 2.45) is 0 Å². The third kappa shape index (κ3) is 3.18. The van der Waals surface area contributed by atoms with Gasteiger partial charge in [0.1, 0.15) is 0 Å². The predicted molar refractivity (Wildman–Crippen MR) is 115 cm³/mol. The normalized spacial score (nSPS) is 19.3. The van der Waals surface area contributed by atoms with Gasteiger partial charge in [-0.15, -0.1) is 0 Å². The van der Waals surface area contributed by atoms with Crippen molar-refractivity contribution in [2.75, 3.05) is 5.43 Å². The van der Waals surface area contributed by atoms with Crippen LogP contribution in [-0.4, -0.2) is 15.7 Å². The maximum Gasteiger partial charge on any atom is 0.290 e. The largest absolute Gasteiger partial charge is 0.297 e. The van der Waals surface area contributed by atoms with Gasteiger partial charge in [0.15, 0.2) is 5.69 Å². The number of hydrogen-bond acceptors (Lipinski definition) is 3. The van der Waals surface area contributed by atoms with E-state index in [1.54, 1.807) is 24.3 Å². The number of amides is 1. The molecule has 29 heavy (non-hydrogen) atoms. The molecule has 5 rings (SSSR count). The van der Waals surface area contributed by atoms with Gasteiger partial charge in [0.2, 0.25) is 0 Å². The highest BCUT2D eigenvalue weighted by molar-refractivity contribution is 6.35. The van der Waals surface area contributed by atoms with Crippen molar-refractivity contribution in [2.45, 2.75) is 31.1 Å². The standard InChI is InChI=1S/C21H17Cl3N4O/c22-13-7-8-17(15(24)10-13)28-20-12-6-5-11(9-12)18(20)19(27-28)21(29)26-25-16-4-2-1-3-14(16)23/h1-4,7-8,10-12,25H,5-6,9H2,(H,26,29)/t11-,12-/m0/s1. The zero-order valence-electron chi connectivity index (χ0n) is 15.3. The lowest BCUT2D eigenvalue weighted by molar-refractivity contribution is 0.0956. The number of carbonyl (C=O) groups excluding carboxylic acids is 1. The summed E-state index contributed by atoms with van der Waals surface area (Å²) in [7, 11) is 0. The summed E-state index contributed by atoms with van der Waals surface area (Å²) in [4.78, 5) is 13.0. The van der Waals surface area contributed by atoms with Gasteiger partial charge in [-0.3, -0.25) is 15.6 Å². The van der Waals surface area contributed by atoms with E-state index in [1.807, 2.05) is 22.9 Å². The predicted octanol–water partition coefficient (Wildman–Crippen LogP) is 5.95. The van der Waals surface area contributed by atoms with E-state index in [-0.39, 0.29) is 5.91 Å². The number of para-hydroxylation sites is 1. The summed E-state index contributed by atoms with van der Waals surface area (Å²) in [6.07, 6.45) is 3.24. The van der Waals surface area contributed by atoms with Gasteiger partial charge in [0.25, 0.3) is 5.91 Å². The molecule has 1 aromatic heterocycles. The highest BCUT2D eigenvalue weighted by Gasteiger charge is 2.44. The summed E-state index contributed by atoms with van der Waals surface area (Å²) in [5.41, 5.74) is 9.53. The minimum absolute atomic E-state index is 0.294. The Kier molecular flexibility index (Phi) is 4.69. The molecule has 1 heterocycles. The summed E-state index contributed by atoms with van der Waals surface area (Å²) >= 11 is 18.7. The van der Waals surface area contributed by atoms with Crippen LogP contribution in [0, 0.1) is 0 Å². The van der Waals surface area contributed by atoms with Gasteiger partial charge in [-0.1, -0.05) is 46.9 Å². The summed E-state index contributed by atoms with van der Waals surface area (Å²) in [5.74, 6) is 0.459. The molecule has 1 fully saturated rings. The lowest BCUT2D eigenvalue weighted by atomic mass is 9.95. The van der Waals surface area contributed by atoms with Crippen molar-refractivity contribution in [3.63, 3.8) is 0 Å². The quantitative estimate of drug-likeness (QED) is 0.486. The molecule has 0 aliphatic heterocycles. The molecular formula is C21H17Cl3N4O. The van der Waals surface area contributed by atoms with Gasteiger partial charge in [0.05, 0.1) is 27.1 Å². The molecule has 1 saturated carbocycles. The van der Waals surface area contributed by atoms with Crippen LogP contribution in [0.2, 0.25) is 15.1 Å². The second-order valence-corrected chi connectivity index (χ2v) is 8.67. The van der Waals surface area contributed by atoms with Crippen LogP contribution in [0.15, 0.2) is 42.5 Å². The molecule has 148 valence electrons. The first kappa shape index (κ1) is 18.8. The summed E-state index contributed by atoms with van der Waals surface area (Å²) < 4.78 is 1.82. The Morgan fingerprint density at radius 3 is 2.62 bits per heavy atom. The topological polar surface area (TPSA) is 59.0 Å². The van der Waals surface area contributed by atoms with Crippen molar-refractivity contribution in [1.82, 2.24) is 15.2 Å². The first-order chi connectivity index (χ1) is 14.0. The van der Waals surface area contributed by atoms with Crippen LogP contribution in [0.3, 0.4) is 0 Å². The van der Waals surface area contributed by atoms with E-state index in [1.165, 1.54) is 0 Å². The fraction of sp³-hybridized carbons (Fsp3) is 0.238. The van der Waals surface area contributed by atoms with E-state index in [0.29, 0.717) is 38.3 Å². The van der Waals surface area contributed by atoms with E-state index in [0.717, 1.165) is 36.2 Å². The first-order valence-electron chi connectivity index (χ1n) is 9.42. The van der Waals surface area contributed by atoms with Gasteiger partial charge in [-0.05, 0) is 55.5 Å². The summed E-state index contributed by atoms with van der Waals surface area (Å²) in [6.45, 7) is 0. The van der Waals surface area contributed by atoms with Crippen LogP contribution in [0.25, 0.3) is 5.69 Å². The van der Waals surface area contributed by atoms with Crippen molar-refractivity contribution >= 4 is 46.4 Å². The Morgan fingerprint density at radius 1 is 1.03 bits per heavy atom. The van der Waals surface area contributed by atoms with Gasteiger partial charge in [0, 0.05) is 16.5 Å². The zero-order chi connectivity index (χ0) is 20.1. The van der Waals surface area contributed by atoms with Crippen LogP contribution >= 0.6 is 34.8 Å². The number of fused-ring (bicyclic) bond motifs is 5. The molecule has 0 saturated heterocycles. The average Bonchev–Trinajstić information content (AvgIpc) is 3.40. The average molecular weight is 448 g/mol. The molecule has 2 aliphatic rings. The minimum atomic E-state index is -0.294. The number of aromatic nitrogens is 2. The van der Waals surface area contributed by atoms with Gasteiger partial charge < -0.3 is 0 Å². The maximum absolute atomic E-state index is 13.0. The number of carbonyl (C=O) groups is 1. The molecule has 2 aromatic carbocycles. The molecule has 3 aromatic rings.